The molecule has 0 bridgehead atoms. The van der Waals surface area contributed by atoms with Gasteiger partial charge in [0.25, 0.3) is 0 Å². The number of hydrogen-bond donors (Lipinski definition) is 2. The first-order valence-electron chi connectivity index (χ1n) is 7.33. The fourth-order valence-corrected chi connectivity index (χ4v) is 2.59. The van der Waals surface area contributed by atoms with E-state index in [-0.39, 0.29) is 17.4 Å². The van der Waals surface area contributed by atoms with Crippen LogP contribution in [0.5, 0.6) is 0 Å². The fourth-order valence-electron chi connectivity index (χ4n) is 2.59. The average Bonchev–Trinajstić information content (AvgIpc) is 2.51. The molecule has 114 valence electrons. The van der Waals surface area contributed by atoms with Crippen molar-refractivity contribution < 1.29 is 14.7 Å². The Balaban J connectivity index is 2.16. The second kappa shape index (κ2) is 6.26. The minimum Gasteiger partial charge on any atom is -0.478 e. The van der Waals surface area contributed by atoms with Crippen molar-refractivity contribution in [3.63, 3.8) is 0 Å². The quantitative estimate of drug-likeness (QED) is 0.883. The maximum atomic E-state index is 12.4. The molecule has 5 heteroatoms. The summed E-state index contributed by atoms with van der Waals surface area (Å²) in [5.41, 5.74) is 8.29. The second-order valence-corrected chi connectivity index (χ2v) is 5.71. The zero-order valence-electron chi connectivity index (χ0n) is 12.5. The van der Waals surface area contributed by atoms with Crippen molar-refractivity contribution in [2.75, 3.05) is 6.54 Å². The third kappa shape index (κ3) is 3.24. The van der Waals surface area contributed by atoms with E-state index in [2.05, 4.69) is 0 Å². The molecular formula is C16H22N2O3. The van der Waals surface area contributed by atoms with Gasteiger partial charge in [-0.3, -0.25) is 4.79 Å². The monoisotopic (exact) mass is 290 g/mol. The Morgan fingerprint density at radius 1 is 1.38 bits per heavy atom. The van der Waals surface area contributed by atoms with Gasteiger partial charge >= 0.3 is 5.97 Å². The highest BCUT2D eigenvalue weighted by Crippen LogP contribution is 2.22. The zero-order valence-corrected chi connectivity index (χ0v) is 12.5. The molecule has 3 N–H and O–H groups in total. The van der Waals surface area contributed by atoms with Crippen molar-refractivity contribution in [1.29, 1.82) is 0 Å². The second-order valence-electron chi connectivity index (χ2n) is 5.71. The SMILES string of the molecule is CCC(C)C(N)C(=O)N1CCc2ccc(C(=O)O)cc2C1. The molecule has 2 rings (SSSR count). The van der Waals surface area contributed by atoms with E-state index in [1.165, 1.54) is 0 Å². The summed E-state index contributed by atoms with van der Waals surface area (Å²) >= 11 is 0. The van der Waals surface area contributed by atoms with Gasteiger partial charge in [0.15, 0.2) is 0 Å². The van der Waals surface area contributed by atoms with E-state index >= 15 is 0 Å². The Morgan fingerprint density at radius 3 is 2.71 bits per heavy atom. The molecule has 2 unspecified atom stereocenters. The third-order valence-electron chi connectivity index (χ3n) is 4.32. The van der Waals surface area contributed by atoms with Crippen LogP contribution in [-0.4, -0.2) is 34.5 Å². The lowest BCUT2D eigenvalue weighted by Gasteiger charge is -2.32. The van der Waals surface area contributed by atoms with Crippen LogP contribution in [0.3, 0.4) is 0 Å². The van der Waals surface area contributed by atoms with Gasteiger partial charge in [0, 0.05) is 13.1 Å². The topological polar surface area (TPSA) is 83.6 Å². The lowest BCUT2D eigenvalue weighted by Crippen LogP contribution is -2.48. The van der Waals surface area contributed by atoms with Crippen LogP contribution in [0.2, 0.25) is 0 Å². The van der Waals surface area contributed by atoms with Gasteiger partial charge in [0.05, 0.1) is 11.6 Å². The number of carbonyl (C=O) groups is 2. The van der Waals surface area contributed by atoms with Gasteiger partial charge in [-0.2, -0.15) is 0 Å². The first-order chi connectivity index (χ1) is 9.93. The van der Waals surface area contributed by atoms with E-state index < -0.39 is 12.0 Å². The van der Waals surface area contributed by atoms with Gasteiger partial charge in [0.2, 0.25) is 5.91 Å². The van der Waals surface area contributed by atoms with E-state index in [4.69, 9.17) is 10.8 Å². The van der Waals surface area contributed by atoms with E-state index in [1.54, 1.807) is 17.0 Å². The minimum atomic E-state index is -0.947. The minimum absolute atomic E-state index is 0.0456. The van der Waals surface area contributed by atoms with Gasteiger partial charge in [-0.25, -0.2) is 4.79 Å². The van der Waals surface area contributed by atoms with Gasteiger partial charge in [-0.15, -0.1) is 0 Å². The average molecular weight is 290 g/mol. The van der Waals surface area contributed by atoms with Crippen LogP contribution >= 0.6 is 0 Å². The maximum Gasteiger partial charge on any atom is 0.335 e. The van der Waals surface area contributed by atoms with Gasteiger partial charge < -0.3 is 15.7 Å². The Bertz CT molecular complexity index is 556. The maximum absolute atomic E-state index is 12.4. The molecule has 2 atom stereocenters. The highest BCUT2D eigenvalue weighted by molar-refractivity contribution is 5.88. The number of carboxylic acids is 1. The van der Waals surface area contributed by atoms with Crippen molar-refractivity contribution in [2.24, 2.45) is 11.7 Å². The highest BCUT2D eigenvalue weighted by Gasteiger charge is 2.28. The van der Waals surface area contributed by atoms with Crippen LogP contribution in [0.15, 0.2) is 18.2 Å². The molecule has 1 aromatic rings. The molecule has 0 radical (unpaired) electrons. The first-order valence-corrected chi connectivity index (χ1v) is 7.33. The van der Waals surface area contributed by atoms with Crippen LogP contribution < -0.4 is 5.73 Å². The van der Waals surface area contributed by atoms with Crippen molar-refractivity contribution in [3.8, 4) is 0 Å². The molecular weight excluding hydrogens is 268 g/mol. The molecule has 0 spiro atoms. The Hall–Kier alpha value is -1.88. The van der Waals surface area contributed by atoms with Crippen molar-refractivity contribution in [2.45, 2.75) is 39.3 Å². The fraction of sp³-hybridized carbons (Fsp3) is 0.500. The summed E-state index contributed by atoms with van der Waals surface area (Å²) in [6.07, 6.45) is 1.61. The number of fused-ring (bicyclic) bond motifs is 1. The van der Waals surface area contributed by atoms with Crippen molar-refractivity contribution in [3.05, 3.63) is 34.9 Å². The van der Waals surface area contributed by atoms with Crippen molar-refractivity contribution >= 4 is 11.9 Å². The lowest BCUT2D eigenvalue weighted by atomic mass is 9.94. The molecule has 1 aliphatic heterocycles. The van der Waals surface area contributed by atoms with Crippen LogP contribution in [0.25, 0.3) is 0 Å². The number of carbonyl (C=O) groups excluding carboxylic acids is 1. The number of benzene rings is 1. The summed E-state index contributed by atoms with van der Waals surface area (Å²) in [6.45, 7) is 5.08. The zero-order chi connectivity index (χ0) is 15.6. The number of rotatable bonds is 4. The predicted molar refractivity (Wildman–Crippen MR) is 80.0 cm³/mol. The summed E-state index contributed by atoms with van der Waals surface area (Å²) in [6, 6.07) is 4.63. The first kappa shape index (κ1) is 15.5. The summed E-state index contributed by atoms with van der Waals surface area (Å²) in [4.78, 5) is 25.2. The third-order valence-corrected chi connectivity index (χ3v) is 4.32. The molecule has 0 fully saturated rings. The molecule has 0 saturated heterocycles. The number of carboxylic acid groups (broad SMARTS) is 1. The lowest BCUT2D eigenvalue weighted by molar-refractivity contribution is -0.134. The van der Waals surface area contributed by atoms with Gasteiger partial charge in [-0.1, -0.05) is 26.3 Å². The van der Waals surface area contributed by atoms with Gasteiger partial charge in [-0.05, 0) is 35.6 Å². The summed E-state index contributed by atoms with van der Waals surface area (Å²) < 4.78 is 0. The van der Waals surface area contributed by atoms with E-state index in [1.807, 2.05) is 19.9 Å². The predicted octanol–water partition coefficient (Wildman–Crippen LogP) is 1.64. The Kier molecular flexibility index (Phi) is 4.63. The standard InChI is InChI=1S/C16H22N2O3/c1-3-10(2)14(17)15(19)18-7-6-11-4-5-12(16(20)21)8-13(11)9-18/h4-5,8,10,14H,3,6-7,9,17H2,1-2H3,(H,20,21). The molecule has 5 nitrogen and oxygen atoms in total. The molecule has 21 heavy (non-hydrogen) atoms. The van der Waals surface area contributed by atoms with Crippen LogP contribution in [0.1, 0.15) is 41.8 Å². The number of nitrogens with zero attached hydrogens (tertiary/aromatic N) is 1. The summed E-state index contributed by atoms with van der Waals surface area (Å²) in [5.74, 6) is -0.850. The molecule has 1 aromatic carbocycles. The van der Waals surface area contributed by atoms with Crippen LogP contribution in [0.4, 0.5) is 0 Å². The molecule has 0 aromatic heterocycles. The Morgan fingerprint density at radius 2 is 2.10 bits per heavy atom. The van der Waals surface area contributed by atoms with Crippen LogP contribution in [0, 0.1) is 5.92 Å². The molecule has 1 amide bonds. The number of aromatic carboxylic acids is 1. The Labute approximate surface area is 124 Å². The smallest absolute Gasteiger partial charge is 0.335 e. The molecule has 0 saturated carbocycles. The molecule has 1 aliphatic rings. The number of amides is 1. The van der Waals surface area contributed by atoms with Crippen LogP contribution in [-0.2, 0) is 17.8 Å². The summed E-state index contributed by atoms with van der Waals surface area (Å²) in [5, 5.41) is 9.05. The largest absolute Gasteiger partial charge is 0.478 e. The van der Waals surface area contributed by atoms with Gasteiger partial charge in [0.1, 0.15) is 0 Å². The van der Waals surface area contributed by atoms with E-state index in [9.17, 15) is 9.59 Å². The highest BCUT2D eigenvalue weighted by atomic mass is 16.4. The molecule has 0 aliphatic carbocycles. The van der Waals surface area contributed by atoms with E-state index in [0.29, 0.717) is 13.1 Å². The molecule has 1 heterocycles. The van der Waals surface area contributed by atoms with E-state index in [0.717, 1.165) is 24.0 Å². The van der Waals surface area contributed by atoms with Crippen molar-refractivity contribution in [1.82, 2.24) is 4.90 Å². The normalized spacial score (nSPS) is 17.0. The summed E-state index contributed by atoms with van der Waals surface area (Å²) in [7, 11) is 0. The number of nitrogens with two attached hydrogens (primary N) is 1. The number of hydrogen-bond acceptors (Lipinski definition) is 3.